The van der Waals surface area contributed by atoms with Crippen LogP contribution in [-0.4, -0.2) is 26.2 Å². The Balaban J connectivity index is 1.70. The Bertz CT molecular complexity index is 953. The van der Waals surface area contributed by atoms with E-state index in [1.165, 1.54) is 0 Å². The molecule has 25 heavy (non-hydrogen) atoms. The van der Waals surface area contributed by atoms with Crippen LogP contribution in [0.1, 0.15) is 35.7 Å². The van der Waals surface area contributed by atoms with Crippen molar-refractivity contribution in [1.29, 1.82) is 0 Å². The second-order valence-corrected chi connectivity index (χ2v) is 5.92. The number of benzene rings is 1. The maximum atomic E-state index is 12.2. The normalized spacial score (nSPS) is 12.1. The van der Waals surface area contributed by atoms with E-state index in [-0.39, 0.29) is 17.9 Å². The van der Waals surface area contributed by atoms with Crippen LogP contribution in [0.25, 0.3) is 11.4 Å². The summed E-state index contributed by atoms with van der Waals surface area (Å²) in [5.41, 5.74) is 2.68. The Hall–Kier alpha value is -3.16. The summed E-state index contributed by atoms with van der Waals surface area (Å²) >= 11 is 0. The zero-order valence-corrected chi connectivity index (χ0v) is 14.2. The smallest absolute Gasteiger partial charge is 0.267 e. The van der Waals surface area contributed by atoms with Crippen LogP contribution < -0.4 is 10.9 Å². The van der Waals surface area contributed by atoms with E-state index < -0.39 is 6.04 Å². The molecule has 0 fully saturated rings. The molecule has 3 N–H and O–H groups in total. The molecule has 8 nitrogen and oxygen atoms in total. The van der Waals surface area contributed by atoms with Gasteiger partial charge in [0, 0.05) is 16.8 Å². The lowest BCUT2D eigenvalue weighted by molar-refractivity contribution is -0.121. The van der Waals surface area contributed by atoms with Crippen molar-refractivity contribution < 1.29 is 9.32 Å². The van der Waals surface area contributed by atoms with Gasteiger partial charge in [-0.05, 0) is 26.3 Å². The van der Waals surface area contributed by atoms with Crippen LogP contribution in [0.2, 0.25) is 0 Å². The first-order valence-electron chi connectivity index (χ1n) is 7.90. The summed E-state index contributed by atoms with van der Waals surface area (Å²) in [6, 6.07) is 7.26. The van der Waals surface area contributed by atoms with E-state index in [1.807, 2.05) is 31.2 Å². The summed E-state index contributed by atoms with van der Waals surface area (Å²) in [4.78, 5) is 28.1. The third-order valence-electron chi connectivity index (χ3n) is 4.00. The maximum absolute atomic E-state index is 12.2. The molecule has 2 heterocycles. The fraction of sp³-hybridized carbons (Fsp3) is 0.294. The number of aryl methyl sites for hydroxylation is 2. The zero-order valence-electron chi connectivity index (χ0n) is 14.2. The highest BCUT2D eigenvalue weighted by molar-refractivity contribution is 5.79. The number of aromatic amines is 2. The number of hydrogen-bond acceptors (Lipinski definition) is 5. The van der Waals surface area contributed by atoms with Crippen molar-refractivity contribution in [3.8, 4) is 11.4 Å². The van der Waals surface area contributed by atoms with E-state index in [1.54, 1.807) is 13.8 Å². The van der Waals surface area contributed by atoms with Gasteiger partial charge in [-0.1, -0.05) is 29.4 Å². The molecular formula is C17H19N5O3. The van der Waals surface area contributed by atoms with Crippen LogP contribution >= 0.6 is 0 Å². The Morgan fingerprint density at radius 3 is 2.72 bits per heavy atom. The molecule has 3 aromatic rings. The Kier molecular flexibility index (Phi) is 4.51. The fourth-order valence-corrected chi connectivity index (χ4v) is 2.54. The van der Waals surface area contributed by atoms with Crippen molar-refractivity contribution in [2.75, 3.05) is 0 Å². The molecule has 1 atom stereocenters. The molecule has 130 valence electrons. The Labute approximate surface area is 143 Å². The molecule has 0 radical (unpaired) electrons. The van der Waals surface area contributed by atoms with E-state index in [0.717, 1.165) is 11.1 Å². The fourth-order valence-electron chi connectivity index (χ4n) is 2.54. The van der Waals surface area contributed by atoms with Gasteiger partial charge in [0.25, 0.3) is 5.56 Å². The molecule has 0 saturated heterocycles. The second kappa shape index (κ2) is 6.76. The predicted molar refractivity (Wildman–Crippen MR) is 90.9 cm³/mol. The summed E-state index contributed by atoms with van der Waals surface area (Å²) in [6.45, 7) is 5.45. The molecule has 0 bridgehead atoms. The van der Waals surface area contributed by atoms with E-state index in [0.29, 0.717) is 23.0 Å². The van der Waals surface area contributed by atoms with Crippen molar-refractivity contribution >= 4 is 5.91 Å². The second-order valence-electron chi connectivity index (χ2n) is 5.92. The lowest BCUT2D eigenvalue weighted by Crippen LogP contribution is -2.29. The van der Waals surface area contributed by atoms with Gasteiger partial charge < -0.3 is 14.9 Å². The summed E-state index contributed by atoms with van der Waals surface area (Å²) in [5.74, 6) is 0.495. The lowest BCUT2D eigenvalue weighted by atomic mass is 10.1. The van der Waals surface area contributed by atoms with Gasteiger partial charge in [-0.15, -0.1) is 0 Å². The minimum absolute atomic E-state index is 0.0200. The minimum Gasteiger partial charge on any atom is -0.344 e. The predicted octanol–water partition coefficient (Wildman–Crippen LogP) is 1.79. The van der Waals surface area contributed by atoms with Crippen LogP contribution in [0.4, 0.5) is 0 Å². The summed E-state index contributed by atoms with van der Waals surface area (Å²) in [7, 11) is 0. The molecule has 0 aliphatic carbocycles. The molecular weight excluding hydrogens is 322 g/mol. The average molecular weight is 341 g/mol. The molecule has 0 saturated carbocycles. The summed E-state index contributed by atoms with van der Waals surface area (Å²) in [5, 5.41) is 11.9. The molecule has 1 unspecified atom stereocenters. The van der Waals surface area contributed by atoms with E-state index in [9.17, 15) is 9.59 Å². The van der Waals surface area contributed by atoms with Crippen LogP contribution in [0.15, 0.2) is 33.6 Å². The number of carbonyl (C=O) groups is 1. The number of amides is 1. The third kappa shape index (κ3) is 3.52. The molecule has 0 aliphatic rings. The monoisotopic (exact) mass is 341 g/mol. The standard InChI is InChI=1S/C17H19N5O3/c1-9-6-4-5-7-12(9)15-19-17(25-22-15)11(3)18-14(23)8-13-10(2)20-21-16(13)24/h4-7,11H,8H2,1-3H3,(H,18,23)(H2,20,21,24). The third-order valence-corrected chi connectivity index (χ3v) is 4.00. The maximum Gasteiger partial charge on any atom is 0.267 e. The van der Waals surface area contributed by atoms with E-state index in [4.69, 9.17) is 4.52 Å². The van der Waals surface area contributed by atoms with Crippen molar-refractivity contribution in [2.45, 2.75) is 33.2 Å². The lowest BCUT2D eigenvalue weighted by Gasteiger charge is -2.09. The van der Waals surface area contributed by atoms with Gasteiger partial charge in [0.1, 0.15) is 6.04 Å². The molecule has 0 aliphatic heterocycles. The van der Waals surface area contributed by atoms with Gasteiger partial charge in [0.05, 0.1) is 6.42 Å². The Morgan fingerprint density at radius 2 is 2.04 bits per heavy atom. The van der Waals surface area contributed by atoms with Gasteiger partial charge in [-0.2, -0.15) is 4.98 Å². The topological polar surface area (TPSA) is 117 Å². The van der Waals surface area contributed by atoms with Gasteiger partial charge in [0.15, 0.2) is 0 Å². The Morgan fingerprint density at radius 1 is 1.28 bits per heavy atom. The molecule has 3 rings (SSSR count). The van der Waals surface area contributed by atoms with Crippen LogP contribution in [-0.2, 0) is 11.2 Å². The zero-order chi connectivity index (χ0) is 18.0. The largest absolute Gasteiger partial charge is 0.344 e. The van der Waals surface area contributed by atoms with Gasteiger partial charge >= 0.3 is 0 Å². The van der Waals surface area contributed by atoms with Gasteiger partial charge in [-0.25, -0.2) is 0 Å². The van der Waals surface area contributed by atoms with Crippen LogP contribution in [0.5, 0.6) is 0 Å². The average Bonchev–Trinajstić information content (AvgIpc) is 3.18. The van der Waals surface area contributed by atoms with Crippen molar-refractivity contribution in [2.24, 2.45) is 0 Å². The number of rotatable bonds is 5. The number of nitrogens with one attached hydrogen (secondary N) is 3. The van der Waals surface area contributed by atoms with Crippen LogP contribution in [0, 0.1) is 13.8 Å². The van der Waals surface area contributed by atoms with E-state index in [2.05, 4.69) is 25.7 Å². The highest BCUT2D eigenvalue weighted by Gasteiger charge is 2.19. The van der Waals surface area contributed by atoms with Crippen molar-refractivity contribution in [3.63, 3.8) is 0 Å². The first-order chi connectivity index (χ1) is 12.0. The molecule has 1 aromatic carbocycles. The minimum atomic E-state index is -0.462. The number of hydrogen-bond donors (Lipinski definition) is 3. The molecule has 0 spiro atoms. The van der Waals surface area contributed by atoms with Gasteiger partial charge in [-0.3, -0.25) is 14.7 Å². The number of aromatic nitrogens is 4. The first-order valence-corrected chi connectivity index (χ1v) is 7.90. The SMILES string of the molecule is Cc1ccccc1-c1noc(C(C)NC(=O)Cc2c(C)[nH][nH]c2=O)n1. The molecule has 1 amide bonds. The first kappa shape index (κ1) is 16.7. The summed E-state index contributed by atoms with van der Waals surface area (Å²) < 4.78 is 5.27. The molecule has 8 heteroatoms. The van der Waals surface area contributed by atoms with E-state index >= 15 is 0 Å². The van der Waals surface area contributed by atoms with Gasteiger partial charge in [0.2, 0.25) is 17.6 Å². The van der Waals surface area contributed by atoms with Crippen molar-refractivity contribution in [3.05, 3.63) is 57.3 Å². The highest BCUT2D eigenvalue weighted by atomic mass is 16.5. The number of nitrogens with zero attached hydrogens (tertiary/aromatic N) is 2. The van der Waals surface area contributed by atoms with Crippen LogP contribution in [0.3, 0.4) is 0 Å². The quantitative estimate of drug-likeness (QED) is 0.654. The number of carbonyl (C=O) groups excluding carboxylic acids is 1. The number of H-pyrrole nitrogens is 2. The van der Waals surface area contributed by atoms with Crippen molar-refractivity contribution in [1.82, 2.24) is 25.7 Å². The molecule has 2 aromatic heterocycles. The summed E-state index contributed by atoms with van der Waals surface area (Å²) in [6.07, 6.45) is -0.0200. The highest BCUT2D eigenvalue weighted by Crippen LogP contribution is 2.21.